The van der Waals surface area contributed by atoms with Crippen molar-refractivity contribution in [3.8, 4) is 0 Å². The van der Waals surface area contributed by atoms with Crippen LogP contribution in [0.15, 0.2) is 18.2 Å². The summed E-state index contributed by atoms with van der Waals surface area (Å²) < 4.78 is 21.9. The number of nitrogens with one attached hydrogen (secondary N) is 2. The molecule has 0 spiro atoms. The largest absolute Gasteiger partial charge is 0.478 e. The molecule has 7 nitrogen and oxygen atoms in total. The topological polar surface area (TPSA) is 113 Å². The van der Waals surface area contributed by atoms with E-state index in [1.54, 1.807) is 19.1 Å². The number of urea groups is 1. The molecule has 0 atom stereocenters. The van der Waals surface area contributed by atoms with E-state index in [-0.39, 0.29) is 23.5 Å². The summed E-state index contributed by atoms with van der Waals surface area (Å²) in [6, 6.07) is 4.11. The molecule has 1 aromatic rings. The third-order valence-electron chi connectivity index (χ3n) is 2.72. The molecule has 0 bridgehead atoms. The summed E-state index contributed by atoms with van der Waals surface area (Å²) in [6.07, 6.45) is 1.42. The van der Waals surface area contributed by atoms with Gasteiger partial charge in [0.25, 0.3) is 0 Å². The van der Waals surface area contributed by atoms with E-state index < -0.39 is 21.8 Å². The van der Waals surface area contributed by atoms with Crippen LogP contribution in [0.2, 0.25) is 0 Å². The lowest BCUT2D eigenvalue weighted by Gasteiger charge is -2.12. The molecule has 0 aliphatic rings. The zero-order valence-electron chi connectivity index (χ0n) is 11.8. The Morgan fingerprint density at radius 1 is 1.29 bits per heavy atom. The van der Waals surface area contributed by atoms with Crippen LogP contribution < -0.4 is 10.6 Å². The smallest absolute Gasteiger partial charge is 0.337 e. The number of carboxylic acid groups (broad SMARTS) is 1. The predicted molar refractivity (Wildman–Crippen MR) is 79.5 cm³/mol. The highest BCUT2D eigenvalue weighted by Crippen LogP contribution is 2.20. The molecule has 1 rings (SSSR count). The van der Waals surface area contributed by atoms with E-state index >= 15 is 0 Å². The van der Waals surface area contributed by atoms with E-state index in [0.29, 0.717) is 12.0 Å². The van der Waals surface area contributed by atoms with Crippen molar-refractivity contribution >= 4 is 27.5 Å². The highest BCUT2D eigenvalue weighted by Gasteiger charge is 2.14. The Morgan fingerprint density at radius 2 is 1.95 bits per heavy atom. The van der Waals surface area contributed by atoms with Gasteiger partial charge in [0.05, 0.1) is 17.0 Å². The van der Waals surface area contributed by atoms with Gasteiger partial charge in [0, 0.05) is 12.8 Å². The fraction of sp³-hybridized carbons (Fsp3) is 0.385. The van der Waals surface area contributed by atoms with Crippen molar-refractivity contribution in [3.05, 3.63) is 29.3 Å². The first-order valence-electron chi connectivity index (χ1n) is 6.26. The lowest BCUT2D eigenvalue weighted by Crippen LogP contribution is -2.31. The van der Waals surface area contributed by atoms with E-state index in [9.17, 15) is 18.0 Å². The molecule has 0 saturated heterocycles. The first kappa shape index (κ1) is 17.0. The van der Waals surface area contributed by atoms with Crippen LogP contribution in [0.1, 0.15) is 22.3 Å². The van der Waals surface area contributed by atoms with Crippen molar-refractivity contribution in [2.75, 3.05) is 23.9 Å². The van der Waals surface area contributed by atoms with Gasteiger partial charge in [-0.25, -0.2) is 18.0 Å². The van der Waals surface area contributed by atoms with Crippen molar-refractivity contribution in [3.63, 3.8) is 0 Å². The first-order valence-corrected chi connectivity index (χ1v) is 8.32. The first-order chi connectivity index (χ1) is 9.70. The van der Waals surface area contributed by atoms with Crippen molar-refractivity contribution in [1.29, 1.82) is 0 Å². The van der Waals surface area contributed by atoms with Gasteiger partial charge in [-0.1, -0.05) is 12.1 Å². The van der Waals surface area contributed by atoms with Crippen molar-refractivity contribution in [1.82, 2.24) is 5.32 Å². The number of benzene rings is 1. The fourth-order valence-electron chi connectivity index (χ4n) is 1.71. The fourth-order valence-corrected chi connectivity index (χ4v) is 2.37. The van der Waals surface area contributed by atoms with Crippen LogP contribution in [0.25, 0.3) is 0 Å². The number of hydrogen-bond acceptors (Lipinski definition) is 4. The summed E-state index contributed by atoms with van der Waals surface area (Å²) >= 11 is 0. The number of amides is 2. The van der Waals surface area contributed by atoms with E-state index in [2.05, 4.69) is 10.6 Å². The molecule has 0 heterocycles. The quantitative estimate of drug-likeness (QED) is 0.684. The van der Waals surface area contributed by atoms with Gasteiger partial charge < -0.3 is 15.7 Å². The lowest BCUT2D eigenvalue weighted by atomic mass is 10.1. The number of para-hydroxylation sites is 1. The molecule has 0 unspecified atom stereocenters. The van der Waals surface area contributed by atoms with E-state index in [1.165, 1.54) is 6.07 Å². The van der Waals surface area contributed by atoms with Gasteiger partial charge in [-0.15, -0.1) is 0 Å². The minimum Gasteiger partial charge on any atom is -0.478 e. The second-order valence-corrected chi connectivity index (χ2v) is 6.93. The SMILES string of the molecule is Cc1cccc(C(=O)O)c1NC(=O)NCCCS(C)(=O)=O. The Morgan fingerprint density at radius 3 is 2.52 bits per heavy atom. The van der Waals surface area contributed by atoms with E-state index in [0.717, 1.165) is 6.26 Å². The van der Waals surface area contributed by atoms with Gasteiger partial charge >= 0.3 is 12.0 Å². The van der Waals surface area contributed by atoms with Gasteiger partial charge in [-0.2, -0.15) is 0 Å². The molecule has 0 aliphatic carbocycles. The van der Waals surface area contributed by atoms with Crippen LogP contribution >= 0.6 is 0 Å². The van der Waals surface area contributed by atoms with E-state index in [1.807, 2.05) is 0 Å². The Hall–Kier alpha value is -2.09. The number of carboxylic acids is 1. The van der Waals surface area contributed by atoms with Gasteiger partial charge in [0.1, 0.15) is 9.84 Å². The molecule has 0 aromatic heterocycles. The number of aryl methyl sites for hydroxylation is 1. The van der Waals surface area contributed by atoms with Gasteiger partial charge in [-0.3, -0.25) is 0 Å². The average molecular weight is 314 g/mol. The maximum absolute atomic E-state index is 11.7. The summed E-state index contributed by atoms with van der Waals surface area (Å²) in [7, 11) is -3.06. The molecule has 0 fully saturated rings. The Balaban J connectivity index is 2.61. The van der Waals surface area contributed by atoms with Crippen molar-refractivity contribution < 1.29 is 23.1 Å². The monoisotopic (exact) mass is 314 g/mol. The Bertz CT molecular complexity index is 640. The van der Waals surface area contributed by atoms with Crippen LogP contribution in [0.5, 0.6) is 0 Å². The number of carbonyl (C=O) groups excluding carboxylic acids is 1. The number of sulfone groups is 1. The molecule has 21 heavy (non-hydrogen) atoms. The molecule has 0 radical (unpaired) electrons. The molecular formula is C13H18N2O5S. The highest BCUT2D eigenvalue weighted by atomic mass is 32.2. The third kappa shape index (κ3) is 5.82. The average Bonchev–Trinajstić information content (AvgIpc) is 2.35. The van der Waals surface area contributed by atoms with Crippen molar-refractivity contribution in [2.45, 2.75) is 13.3 Å². The summed E-state index contributed by atoms with van der Waals surface area (Å²) in [4.78, 5) is 22.8. The summed E-state index contributed by atoms with van der Waals surface area (Å²) in [6.45, 7) is 1.87. The standard InChI is InChI=1S/C13H18N2O5S/c1-9-5-3-6-10(12(16)17)11(9)15-13(18)14-7-4-8-21(2,19)20/h3,5-6H,4,7-8H2,1-2H3,(H,16,17)(H2,14,15,18). The summed E-state index contributed by atoms with van der Waals surface area (Å²) in [5, 5.41) is 14.0. The molecule has 0 saturated carbocycles. The number of hydrogen-bond donors (Lipinski definition) is 3. The molecule has 3 N–H and O–H groups in total. The molecule has 8 heteroatoms. The second kappa shape index (κ2) is 7.07. The van der Waals surface area contributed by atoms with Crippen LogP contribution in [0, 0.1) is 6.92 Å². The third-order valence-corrected chi connectivity index (χ3v) is 3.75. The van der Waals surface area contributed by atoms with Crippen LogP contribution in [0.3, 0.4) is 0 Å². The predicted octanol–water partition coefficient (Wildman–Crippen LogP) is 1.25. The Labute approximate surface area is 123 Å². The number of rotatable bonds is 6. The minimum atomic E-state index is -3.06. The van der Waals surface area contributed by atoms with Crippen LogP contribution in [-0.2, 0) is 9.84 Å². The number of carbonyl (C=O) groups is 2. The number of aromatic carboxylic acids is 1. The number of anilines is 1. The molecule has 1 aromatic carbocycles. The Kier molecular flexibility index (Phi) is 5.71. The molecule has 116 valence electrons. The maximum Gasteiger partial charge on any atom is 0.337 e. The lowest BCUT2D eigenvalue weighted by molar-refractivity contribution is 0.0698. The molecule has 2 amide bonds. The zero-order valence-corrected chi connectivity index (χ0v) is 12.7. The van der Waals surface area contributed by atoms with Gasteiger partial charge in [0.15, 0.2) is 0 Å². The van der Waals surface area contributed by atoms with E-state index in [4.69, 9.17) is 5.11 Å². The highest BCUT2D eigenvalue weighted by molar-refractivity contribution is 7.90. The maximum atomic E-state index is 11.7. The minimum absolute atomic E-state index is 0.00119. The van der Waals surface area contributed by atoms with Crippen LogP contribution in [-0.4, -0.2) is 44.1 Å². The second-order valence-electron chi connectivity index (χ2n) is 4.67. The molecular weight excluding hydrogens is 296 g/mol. The van der Waals surface area contributed by atoms with Crippen LogP contribution in [0.4, 0.5) is 10.5 Å². The van der Waals surface area contributed by atoms with Gasteiger partial charge in [-0.05, 0) is 25.0 Å². The normalized spacial score (nSPS) is 11.0. The summed E-state index contributed by atoms with van der Waals surface area (Å²) in [5.74, 6) is -1.15. The zero-order chi connectivity index (χ0) is 16.0. The molecule has 0 aliphatic heterocycles. The summed E-state index contributed by atoms with van der Waals surface area (Å²) in [5.41, 5.74) is 0.855. The van der Waals surface area contributed by atoms with Crippen molar-refractivity contribution in [2.24, 2.45) is 0 Å². The van der Waals surface area contributed by atoms with Gasteiger partial charge in [0.2, 0.25) is 0 Å².